The lowest BCUT2D eigenvalue weighted by molar-refractivity contribution is 0.148. The summed E-state index contributed by atoms with van der Waals surface area (Å²) in [6, 6.07) is 0. The maximum atomic E-state index is 9.79. The van der Waals surface area contributed by atoms with Crippen LogP contribution in [0.1, 0.15) is 18.2 Å². The zero-order valence-corrected chi connectivity index (χ0v) is 11.6. The topological polar surface area (TPSA) is 87.3 Å². The van der Waals surface area contributed by atoms with Crippen molar-refractivity contribution < 1.29 is 5.11 Å². The number of nitrogen functional groups attached to an aromatic ring is 1. The average Bonchev–Trinajstić information content (AvgIpc) is 2.28. The molecule has 0 aromatic carbocycles. The van der Waals surface area contributed by atoms with Gasteiger partial charge in [-0.1, -0.05) is 6.92 Å². The Bertz CT molecular complexity index is 394. The quantitative estimate of drug-likeness (QED) is 0.674. The molecule has 102 valence electrons. The average molecular weight is 253 g/mol. The van der Waals surface area contributed by atoms with E-state index in [9.17, 15) is 5.11 Å². The highest BCUT2D eigenvalue weighted by Gasteiger charge is 2.10. The highest BCUT2D eigenvalue weighted by molar-refractivity contribution is 5.48. The molecule has 0 saturated carbocycles. The first kappa shape index (κ1) is 14.7. The number of hydrogen-bond donors (Lipinski definition) is 3. The summed E-state index contributed by atoms with van der Waals surface area (Å²) in [7, 11) is 3.85. The molecule has 6 nitrogen and oxygen atoms in total. The van der Waals surface area contributed by atoms with E-state index in [0.29, 0.717) is 18.9 Å². The van der Waals surface area contributed by atoms with E-state index in [1.807, 2.05) is 32.8 Å². The monoisotopic (exact) mass is 253 g/mol. The third-order valence-electron chi connectivity index (χ3n) is 2.68. The number of rotatable bonds is 6. The number of aliphatic hydroxyl groups excluding tert-OH is 1. The van der Waals surface area contributed by atoms with Crippen LogP contribution in [-0.2, 0) is 6.42 Å². The van der Waals surface area contributed by atoms with Crippen LogP contribution in [0.2, 0.25) is 0 Å². The van der Waals surface area contributed by atoms with Crippen LogP contribution in [0.4, 0.5) is 11.8 Å². The Morgan fingerprint density at radius 2 is 2.06 bits per heavy atom. The lowest BCUT2D eigenvalue weighted by Crippen LogP contribution is -2.31. The van der Waals surface area contributed by atoms with Gasteiger partial charge in [0.05, 0.1) is 11.8 Å². The molecule has 1 rings (SSSR count). The maximum Gasteiger partial charge on any atom is 0.222 e. The van der Waals surface area contributed by atoms with Gasteiger partial charge in [-0.2, -0.15) is 4.98 Å². The number of aromatic nitrogens is 2. The first-order chi connectivity index (χ1) is 8.43. The van der Waals surface area contributed by atoms with E-state index >= 15 is 0 Å². The second-order valence-electron chi connectivity index (χ2n) is 4.65. The molecular weight excluding hydrogens is 230 g/mol. The van der Waals surface area contributed by atoms with E-state index in [4.69, 9.17) is 5.73 Å². The number of aliphatic hydroxyl groups is 1. The zero-order chi connectivity index (χ0) is 13.7. The summed E-state index contributed by atoms with van der Waals surface area (Å²) in [5.74, 6) is 0.971. The summed E-state index contributed by atoms with van der Waals surface area (Å²) in [5.41, 5.74) is 7.58. The van der Waals surface area contributed by atoms with Crippen molar-refractivity contribution in [2.45, 2.75) is 26.4 Å². The van der Waals surface area contributed by atoms with Gasteiger partial charge in [0.15, 0.2) is 0 Å². The summed E-state index contributed by atoms with van der Waals surface area (Å²) < 4.78 is 0. The van der Waals surface area contributed by atoms with Gasteiger partial charge in [0.25, 0.3) is 0 Å². The predicted molar refractivity (Wildman–Crippen MR) is 73.6 cm³/mol. The highest BCUT2D eigenvalue weighted by atomic mass is 16.3. The molecule has 1 heterocycles. The molecule has 0 fully saturated rings. The fourth-order valence-corrected chi connectivity index (χ4v) is 1.80. The van der Waals surface area contributed by atoms with Crippen molar-refractivity contribution in [2.24, 2.45) is 0 Å². The molecule has 0 bridgehead atoms. The van der Waals surface area contributed by atoms with Gasteiger partial charge in [-0.15, -0.1) is 0 Å². The normalized spacial score (nSPS) is 12.8. The van der Waals surface area contributed by atoms with E-state index in [-0.39, 0.29) is 5.95 Å². The van der Waals surface area contributed by atoms with E-state index in [2.05, 4.69) is 15.3 Å². The molecule has 18 heavy (non-hydrogen) atoms. The van der Waals surface area contributed by atoms with Crippen LogP contribution >= 0.6 is 0 Å². The Hall–Kier alpha value is -1.40. The standard InChI is InChI=1S/C12H23N5O/c1-5-10-8(2)11(16-12(13)15-10)14-6-9(18)7-17(3)4/h9,18H,5-7H2,1-4H3,(H3,13,14,15,16)/t9-/m1/s1. The van der Waals surface area contributed by atoms with E-state index in [1.165, 1.54) is 0 Å². The smallest absolute Gasteiger partial charge is 0.222 e. The number of aryl methyl sites for hydroxylation is 1. The van der Waals surface area contributed by atoms with Gasteiger partial charge in [0.2, 0.25) is 5.95 Å². The first-order valence-corrected chi connectivity index (χ1v) is 6.13. The number of anilines is 2. The van der Waals surface area contributed by atoms with Crippen LogP contribution in [0.5, 0.6) is 0 Å². The molecule has 0 aliphatic rings. The van der Waals surface area contributed by atoms with Gasteiger partial charge < -0.3 is 21.1 Å². The molecule has 0 radical (unpaired) electrons. The number of nitrogens with one attached hydrogen (secondary N) is 1. The minimum Gasteiger partial charge on any atom is -0.390 e. The van der Waals surface area contributed by atoms with Crippen molar-refractivity contribution in [2.75, 3.05) is 38.2 Å². The van der Waals surface area contributed by atoms with Crippen LogP contribution < -0.4 is 11.1 Å². The molecule has 4 N–H and O–H groups in total. The van der Waals surface area contributed by atoms with Gasteiger partial charge in [-0.25, -0.2) is 4.98 Å². The fraction of sp³-hybridized carbons (Fsp3) is 0.667. The third kappa shape index (κ3) is 4.12. The minimum absolute atomic E-state index is 0.266. The second-order valence-corrected chi connectivity index (χ2v) is 4.65. The summed E-state index contributed by atoms with van der Waals surface area (Å²) in [6.45, 7) is 5.03. The van der Waals surface area contributed by atoms with Gasteiger partial charge in [0.1, 0.15) is 5.82 Å². The van der Waals surface area contributed by atoms with E-state index < -0.39 is 6.10 Å². The molecule has 0 amide bonds. The van der Waals surface area contributed by atoms with Crippen LogP contribution in [0.25, 0.3) is 0 Å². The molecule has 6 heteroatoms. The second kappa shape index (κ2) is 6.51. The molecule has 1 aromatic rings. The number of likely N-dealkylation sites (N-methyl/N-ethyl adjacent to an activating group) is 1. The van der Waals surface area contributed by atoms with Gasteiger partial charge in [-0.3, -0.25) is 0 Å². The molecule has 0 spiro atoms. The Balaban J connectivity index is 2.70. The summed E-state index contributed by atoms with van der Waals surface area (Å²) in [4.78, 5) is 10.3. The van der Waals surface area contributed by atoms with Gasteiger partial charge in [-0.05, 0) is 27.4 Å². The van der Waals surface area contributed by atoms with Crippen LogP contribution in [0, 0.1) is 6.92 Å². The largest absolute Gasteiger partial charge is 0.390 e. The van der Waals surface area contributed by atoms with Gasteiger partial charge >= 0.3 is 0 Å². The third-order valence-corrected chi connectivity index (χ3v) is 2.68. The van der Waals surface area contributed by atoms with Crippen LogP contribution in [0.3, 0.4) is 0 Å². The summed E-state index contributed by atoms with van der Waals surface area (Å²) in [6.07, 6.45) is 0.369. The van der Waals surface area contributed by atoms with Crippen molar-refractivity contribution >= 4 is 11.8 Å². The van der Waals surface area contributed by atoms with Crippen molar-refractivity contribution in [1.29, 1.82) is 0 Å². The van der Waals surface area contributed by atoms with Crippen LogP contribution in [0.15, 0.2) is 0 Å². The van der Waals surface area contributed by atoms with E-state index in [0.717, 1.165) is 17.7 Å². The summed E-state index contributed by atoms with van der Waals surface area (Å²) >= 11 is 0. The Kier molecular flexibility index (Phi) is 5.30. The van der Waals surface area contributed by atoms with E-state index in [1.54, 1.807) is 0 Å². The van der Waals surface area contributed by atoms with Crippen molar-refractivity contribution in [3.8, 4) is 0 Å². The highest BCUT2D eigenvalue weighted by Crippen LogP contribution is 2.16. The maximum absolute atomic E-state index is 9.79. The van der Waals surface area contributed by atoms with Crippen molar-refractivity contribution in [3.05, 3.63) is 11.3 Å². The molecular formula is C12H23N5O. The first-order valence-electron chi connectivity index (χ1n) is 6.13. The molecule has 0 saturated heterocycles. The Morgan fingerprint density at radius 3 is 2.61 bits per heavy atom. The molecule has 1 aromatic heterocycles. The number of hydrogen-bond acceptors (Lipinski definition) is 6. The number of nitrogens with two attached hydrogens (primary N) is 1. The minimum atomic E-state index is -0.444. The predicted octanol–water partition coefficient (Wildman–Crippen LogP) is 0.264. The Morgan fingerprint density at radius 1 is 1.39 bits per heavy atom. The molecule has 1 atom stereocenters. The molecule has 0 unspecified atom stereocenters. The fourth-order valence-electron chi connectivity index (χ4n) is 1.80. The lowest BCUT2D eigenvalue weighted by Gasteiger charge is -2.18. The SMILES string of the molecule is CCc1nc(N)nc(NC[C@@H](O)CN(C)C)c1C. The zero-order valence-electron chi connectivity index (χ0n) is 11.6. The summed E-state index contributed by atoms with van der Waals surface area (Å²) in [5, 5.41) is 12.9. The van der Waals surface area contributed by atoms with Gasteiger partial charge in [0, 0.05) is 18.7 Å². The van der Waals surface area contributed by atoms with Crippen molar-refractivity contribution in [1.82, 2.24) is 14.9 Å². The Labute approximate surface area is 108 Å². The lowest BCUT2D eigenvalue weighted by atomic mass is 10.2. The van der Waals surface area contributed by atoms with Crippen molar-refractivity contribution in [3.63, 3.8) is 0 Å². The number of nitrogens with zero attached hydrogens (tertiary/aromatic N) is 3. The molecule has 0 aliphatic heterocycles. The molecule has 0 aliphatic carbocycles. The van der Waals surface area contributed by atoms with Crippen LogP contribution in [-0.4, -0.2) is 53.3 Å².